The van der Waals surface area contributed by atoms with Crippen molar-refractivity contribution >= 4 is 29.3 Å². The second-order valence-electron chi connectivity index (χ2n) is 7.45. The number of alkyl halides is 3. The molecule has 0 unspecified atom stereocenters. The zero-order valence-electron chi connectivity index (χ0n) is 18.5. The summed E-state index contributed by atoms with van der Waals surface area (Å²) in [7, 11) is -3.12. The molecule has 3 aromatic rings. The first kappa shape index (κ1) is 26.9. The van der Waals surface area contributed by atoms with Gasteiger partial charge in [0.1, 0.15) is 15.9 Å². The van der Waals surface area contributed by atoms with Gasteiger partial charge >= 0.3 is 12.1 Å². The summed E-state index contributed by atoms with van der Waals surface area (Å²) in [4.78, 5) is 3.93. The molecule has 0 heterocycles. The predicted octanol–water partition coefficient (Wildman–Crippen LogP) is 3.46. The van der Waals surface area contributed by atoms with Crippen LogP contribution >= 0.6 is 7.49 Å². The first-order valence-corrected chi connectivity index (χ1v) is 12.6. The number of hydrogen-bond donors (Lipinski definition) is 0. The van der Waals surface area contributed by atoms with Crippen LogP contribution in [0.2, 0.25) is 0 Å². The summed E-state index contributed by atoms with van der Waals surface area (Å²) in [5.74, 6) is -1.15. The maximum Gasteiger partial charge on any atom is 0.473 e. The molecule has 0 aliphatic rings. The molecule has 0 aliphatic carbocycles. The van der Waals surface area contributed by atoms with Crippen molar-refractivity contribution in [1.29, 1.82) is 0 Å². The van der Waals surface area contributed by atoms with Crippen molar-refractivity contribution in [3.63, 3.8) is 0 Å². The number of aliphatic imine (C=N–C) groups is 1. The molecule has 2 nitrogen and oxygen atoms in total. The Labute approximate surface area is 200 Å². The SMILES string of the molecule is CCCCCCN=C(O[P+](c1ccccc1)(c1ccccc1)c1ccccc1)C(F)(F)F.[Cl-]. The Morgan fingerprint density at radius 1 is 0.727 bits per heavy atom. The van der Waals surface area contributed by atoms with Crippen molar-refractivity contribution in [2.45, 2.75) is 38.8 Å². The van der Waals surface area contributed by atoms with Crippen LogP contribution in [0.3, 0.4) is 0 Å². The topological polar surface area (TPSA) is 21.6 Å². The molecule has 0 radical (unpaired) electrons. The quantitative estimate of drug-likeness (QED) is 0.194. The van der Waals surface area contributed by atoms with E-state index in [0.717, 1.165) is 19.3 Å². The van der Waals surface area contributed by atoms with E-state index in [4.69, 9.17) is 4.52 Å². The first-order chi connectivity index (χ1) is 15.5. The van der Waals surface area contributed by atoms with Gasteiger partial charge < -0.3 is 16.9 Å². The molecular weight excluding hydrogens is 466 g/mol. The van der Waals surface area contributed by atoms with Crippen LogP contribution in [0, 0.1) is 0 Å². The van der Waals surface area contributed by atoms with Crippen molar-refractivity contribution in [2.24, 2.45) is 4.99 Å². The summed E-state index contributed by atoms with van der Waals surface area (Å²) in [5, 5.41) is 2.13. The van der Waals surface area contributed by atoms with Crippen LogP contribution in [-0.4, -0.2) is 18.6 Å². The van der Waals surface area contributed by atoms with Gasteiger partial charge in [-0.3, -0.25) is 0 Å². The predicted molar refractivity (Wildman–Crippen MR) is 129 cm³/mol. The van der Waals surface area contributed by atoms with Gasteiger partial charge in [0, 0.05) is 6.54 Å². The van der Waals surface area contributed by atoms with E-state index in [1.807, 2.05) is 91.0 Å². The van der Waals surface area contributed by atoms with E-state index in [0.29, 0.717) is 22.3 Å². The van der Waals surface area contributed by atoms with Gasteiger partial charge in [0.05, 0.1) is 0 Å². The highest BCUT2D eigenvalue weighted by Crippen LogP contribution is 2.57. The fourth-order valence-corrected chi connectivity index (χ4v) is 6.95. The maximum atomic E-state index is 14.1. The molecule has 3 aromatic carbocycles. The van der Waals surface area contributed by atoms with Gasteiger partial charge in [-0.1, -0.05) is 80.8 Å². The molecule has 3 rings (SSSR count). The summed E-state index contributed by atoms with van der Waals surface area (Å²) in [5.41, 5.74) is 0. The van der Waals surface area contributed by atoms with Crippen LogP contribution in [0.25, 0.3) is 0 Å². The molecular formula is C26H28ClF3NOP. The van der Waals surface area contributed by atoms with Crippen molar-refractivity contribution in [1.82, 2.24) is 0 Å². The molecule has 176 valence electrons. The molecule has 0 saturated carbocycles. The smallest absolute Gasteiger partial charge is 0.473 e. The monoisotopic (exact) mass is 493 g/mol. The minimum Gasteiger partial charge on any atom is -1.00 e. The van der Waals surface area contributed by atoms with Crippen LogP contribution in [0.1, 0.15) is 32.6 Å². The third-order valence-electron chi connectivity index (χ3n) is 5.09. The Morgan fingerprint density at radius 2 is 1.15 bits per heavy atom. The third kappa shape index (κ3) is 6.82. The van der Waals surface area contributed by atoms with Crippen LogP contribution in [0.5, 0.6) is 0 Å². The lowest BCUT2D eigenvalue weighted by molar-refractivity contribution is -0.0706. The standard InChI is InChI=1S/C26H28F3NOP.ClH/c1-2-3-4-14-21-30-25(26(27,28)29)31-32(22-15-8-5-9-16-22,23-17-10-6-11-18-23)24-19-12-7-13-20-24;/h5-13,15-20H,2-4,14,21H2,1H3;1H/q+1;/p-1. The highest BCUT2D eigenvalue weighted by atomic mass is 35.5. The number of nitrogens with zero attached hydrogens (tertiary/aromatic N) is 1. The number of benzene rings is 3. The van der Waals surface area contributed by atoms with Crippen LogP contribution in [-0.2, 0) is 4.52 Å². The number of hydrogen-bond acceptors (Lipinski definition) is 2. The summed E-state index contributed by atoms with van der Waals surface area (Å²) in [6, 6.07) is 27.5. The number of unbranched alkanes of at least 4 members (excludes halogenated alkanes) is 3. The molecule has 0 amide bonds. The molecule has 0 N–H and O–H groups in total. The van der Waals surface area contributed by atoms with Gasteiger partial charge in [0.2, 0.25) is 0 Å². The van der Waals surface area contributed by atoms with E-state index in [1.165, 1.54) is 0 Å². The van der Waals surface area contributed by atoms with Gasteiger partial charge in [0.25, 0.3) is 7.49 Å². The van der Waals surface area contributed by atoms with Gasteiger partial charge in [-0.15, -0.1) is 0 Å². The third-order valence-corrected chi connectivity index (χ3v) is 8.62. The van der Waals surface area contributed by atoms with Gasteiger partial charge in [0.15, 0.2) is 0 Å². The normalized spacial score (nSPS) is 12.2. The fourth-order valence-electron chi connectivity index (χ4n) is 3.54. The second kappa shape index (κ2) is 12.8. The van der Waals surface area contributed by atoms with E-state index in [9.17, 15) is 13.2 Å². The Morgan fingerprint density at radius 3 is 1.52 bits per heavy atom. The molecule has 0 bridgehead atoms. The van der Waals surface area contributed by atoms with E-state index in [-0.39, 0.29) is 19.0 Å². The summed E-state index contributed by atoms with van der Waals surface area (Å²) in [6.45, 7) is 2.15. The lowest BCUT2D eigenvalue weighted by Gasteiger charge is -2.27. The summed E-state index contributed by atoms with van der Waals surface area (Å²) < 4.78 is 48.5. The molecule has 33 heavy (non-hydrogen) atoms. The largest absolute Gasteiger partial charge is 1.00 e. The number of rotatable bonds is 9. The lowest BCUT2D eigenvalue weighted by atomic mass is 10.2. The molecule has 0 saturated heterocycles. The molecule has 0 aromatic heterocycles. The van der Waals surface area contributed by atoms with Gasteiger partial charge in [-0.25, -0.2) is 4.99 Å². The Kier molecular flexibility index (Phi) is 10.4. The van der Waals surface area contributed by atoms with Crippen molar-refractivity contribution in [3.8, 4) is 0 Å². The minimum atomic E-state index is -4.69. The molecule has 0 atom stereocenters. The maximum absolute atomic E-state index is 14.1. The highest BCUT2D eigenvalue weighted by Gasteiger charge is 2.55. The Balaban J connectivity index is 0.00000385. The summed E-state index contributed by atoms with van der Waals surface area (Å²) in [6.07, 6.45) is -1.25. The zero-order chi connectivity index (χ0) is 22.9. The summed E-state index contributed by atoms with van der Waals surface area (Å²) >= 11 is 0. The Hall–Kier alpha value is -2.36. The molecule has 0 fully saturated rings. The lowest BCUT2D eigenvalue weighted by Crippen LogP contribution is -3.00. The van der Waals surface area contributed by atoms with E-state index in [2.05, 4.69) is 11.9 Å². The van der Waals surface area contributed by atoms with E-state index < -0.39 is 19.6 Å². The van der Waals surface area contributed by atoms with Gasteiger partial charge in [-0.2, -0.15) is 13.2 Å². The average molecular weight is 494 g/mol. The average Bonchev–Trinajstić information content (AvgIpc) is 2.82. The van der Waals surface area contributed by atoms with Crippen molar-refractivity contribution in [2.75, 3.05) is 6.54 Å². The van der Waals surface area contributed by atoms with Gasteiger partial charge in [-0.05, 0) is 42.8 Å². The van der Waals surface area contributed by atoms with Crippen LogP contribution in [0.15, 0.2) is 96.0 Å². The number of halogens is 4. The molecule has 0 aliphatic heterocycles. The zero-order valence-corrected chi connectivity index (χ0v) is 20.2. The first-order valence-electron chi connectivity index (χ1n) is 10.9. The minimum absolute atomic E-state index is 0. The second-order valence-corrected chi connectivity index (χ2v) is 10.4. The van der Waals surface area contributed by atoms with Crippen molar-refractivity contribution in [3.05, 3.63) is 91.0 Å². The van der Waals surface area contributed by atoms with Crippen LogP contribution < -0.4 is 28.3 Å². The van der Waals surface area contributed by atoms with E-state index in [1.54, 1.807) is 0 Å². The fraction of sp³-hybridized carbons (Fsp3) is 0.269. The van der Waals surface area contributed by atoms with E-state index >= 15 is 0 Å². The Bertz CT molecular complexity index is 886. The van der Waals surface area contributed by atoms with Crippen LogP contribution in [0.4, 0.5) is 13.2 Å². The molecule has 7 heteroatoms. The highest BCUT2D eigenvalue weighted by molar-refractivity contribution is 7.92. The van der Waals surface area contributed by atoms with Crippen molar-refractivity contribution < 1.29 is 30.1 Å². The molecule has 0 spiro atoms.